The molecule has 10 N–H and O–H groups in total. The number of aliphatic hydroxyl groups excluding tert-OH is 10. The number of ether oxygens (including phenoxy) is 6. The highest BCUT2D eigenvalue weighted by molar-refractivity contribution is 5.84. The summed E-state index contributed by atoms with van der Waals surface area (Å²) in [5.41, 5.74) is 1.34. The fraction of sp³-hybridized carbons (Fsp3) is 0.894. The molecule has 0 aromatic heterocycles. The van der Waals surface area contributed by atoms with Crippen molar-refractivity contribution in [1.29, 1.82) is 0 Å². The molecule has 8 aliphatic rings. The van der Waals surface area contributed by atoms with Crippen LogP contribution in [0, 0.1) is 44.8 Å². The number of allylic oxidation sites excluding steroid dienone is 3. The summed E-state index contributed by atoms with van der Waals surface area (Å²) in [5.74, 6) is 0.161. The summed E-state index contributed by atoms with van der Waals surface area (Å²) in [4.78, 5) is 14.7. The minimum atomic E-state index is -1.73. The van der Waals surface area contributed by atoms with E-state index in [2.05, 4.69) is 54.5 Å². The molecule has 0 radical (unpaired) electrons. The second kappa shape index (κ2) is 17.4. The SMILES string of the molecule is CC1=C2C3=CCC4[C@@]5(C)CC[C@H](OC6OCC(O)C(O)C6OC6OC(CO)C(O)C(O)C6O)C(C)(C)C5CC[C@@]4(C)[C@]3(C)CC[C@@]2(C(=O)OC2OC(CO)C(O)C(O)C2O)CC[C@H]1C. The van der Waals surface area contributed by atoms with Gasteiger partial charge in [-0.2, -0.15) is 0 Å². The van der Waals surface area contributed by atoms with Gasteiger partial charge in [0, 0.05) is 0 Å². The number of hydrogen-bond donors (Lipinski definition) is 10. The molecule has 17 nitrogen and oxygen atoms in total. The second-order valence-electron chi connectivity index (χ2n) is 22.0. The van der Waals surface area contributed by atoms with E-state index >= 15 is 0 Å². The first-order valence-electron chi connectivity index (χ1n) is 23.6. The number of fused-ring (bicyclic) bond motifs is 7. The summed E-state index contributed by atoms with van der Waals surface area (Å²) in [5, 5.41) is 105. The standard InChI is InChI=1S/C47H74O17/c1-21-10-15-47(42(58)64-40-37(57)35(55)33(53)26(19-49)61-40)17-16-45(6)23(30(47)22(21)2)8-9-28-44(5)13-12-29(43(3,4)27(44)11-14-46(28,45)7)62-41-38(31(51)24(50)20-59-41)63-39-36(56)34(54)32(52)25(18-48)60-39/h8,21,24-29,31-41,48-57H,9-20H2,1-7H3/t21-,24?,25?,26?,27?,28?,29+,31?,32?,33?,34?,35?,36?,37?,38?,39?,40?,41?,44+,45-,46-,47+/m1/s1. The van der Waals surface area contributed by atoms with Crippen molar-refractivity contribution >= 4 is 5.97 Å². The summed E-state index contributed by atoms with van der Waals surface area (Å²) in [7, 11) is 0. The van der Waals surface area contributed by atoms with E-state index in [4.69, 9.17) is 28.4 Å². The Balaban J connectivity index is 1.04. The Morgan fingerprint density at radius 3 is 1.97 bits per heavy atom. The van der Waals surface area contributed by atoms with Crippen LogP contribution in [-0.4, -0.2) is 169 Å². The van der Waals surface area contributed by atoms with Crippen molar-refractivity contribution in [3.05, 3.63) is 22.8 Å². The molecular weight excluding hydrogens is 836 g/mol. The van der Waals surface area contributed by atoms with Crippen molar-refractivity contribution < 1.29 is 84.3 Å². The molecule has 17 heteroatoms. The molecule has 5 aliphatic carbocycles. The summed E-state index contributed by atoms with van der Waals surface area (Å²) < 4.78 is 36.0. The van der Waals surface area contributed by atoms with E-state index in [-0.39, 0.29) is 46.7 Å². The Labute approximate surface area is 375 Å². The molecule has 3 saturated carbocycles. The summed E-state index contributed by atoms with van der Waals surface area (Å²) in [6.07, 6.45) is -12.2. The van der Waals surface area contributed by atoms with Crippen molar-refractivity contribution in [1.82, 2.24) is 0 Å². The average Bonchev–Trinajstić information content (AvgIpc) is 3.25. The van der Waals surface area contributed by atoms with E-state index in [1.165, 1.54) is 5.57 Å². The minimum absolute atomic E-state index is 0.128. The number of aliphatic hydroxyl groups is 10. The molecule has 0 amide bonds. The minimum Gasteiger partial charge on any atom is -0.432 e. The quantitative estimate of drug-likeness (QED) is 0.119. The molecule has 0 bridgehead atoms. The molecule has 0 aromatic carbocycles. The van der Waals surface area contributed by atoms with Gasteiger partial charge in [-0.3, -0.25) is 4.79 Å². The van der Waals surface area contributed by atoms with E-state index in [1.807, 2.05) is 0 Å². The normalized spacial score (nSPS) is 52.7. The summed E-state index contributed by atoms with van der Waals surface area (Å²) in [6, 6.07) is 0. The Morgan fingerprint density at radius 2 is 1.33 bits per heavy atom. The first-order valence-corrected chi connectivity index (χ1v) is 23.6. The topological polar surface area (TPSA) is 275 Å². The van der Waals surface area contributed by atoms with Crippen LogP contribution in [0.3, 0.4) is 0 Å². The number of rotatable bonds is 8. The van der Waals surface area contributed by atoms with Crippen LogP contribution in [-0.2, 0) is 33.2 Å². The highest BCUT2D eigenvalue weighted by Crippen LogP contribution is 2.75. The molecule has 3 aliphatic heterocycles. The lowest BCUT2D eigenvalue weighted by Gasteiger charge is -2.70. The zero-order valence-corrected chi connectivity index (χ0v) is 38.3. The zero-order valence-electron chi connectivity index (χ0n) is 38.3. The Hall–Kier alpha value is -1.65. The van der Waals surface area contributed by atoms with Crippen LogP contribution >= 0.6 is 0 Å². The van der Waals surface area contributed by atoms with E-state index in [1.54, 1.807) is 0 Å². The van der Waals surface area contributed by atoms with Gasteiger partial charge < -0.3 is 79.5 Å². The molecule has 3 heterocycles. The number of hydrogen-bond acceptors (Lipinski definition) is 17. The maximum atomic E-state index is 14.7. The Bertz CT molecular complexity index is 1800. The lowest BCUT2D eigenvalue weighted by Crippen LogP contribution is -2.65. The van der Waals surface area contributed by atoms with Gasteiger partial charge >= 0.3 is 5.97 Å². The molecule has 8 rings (SSSR count). The van der Waals surface area contributed by atoms with Gasteiger partial charge in [-0.05, 0) is 115 Å². The fourth-order valence-corrected chi connectivity index (χ4v) is 14.4. The van der Waals surface area contributed by atoms with Crippen LogP contribution in [0.25, 0.3) is 0 Å². The van der Waals surface area contributed by atoms with Crippen LogP contribution in [0.2, 0.25) is 0 Å². The first kappa shape index (κ1) is 48.8. The molecular formula is C47H74O17. The van der Waals surface area contributed by atoms with Crippen molar-refractivity contribution in [2.75, 3.05) is 19.8 Å². The predicted octanol–water partition coefficient (Wildman–Crippen LogP) is 0.700. The largest absolute Gasteiger partial charge is 0.432 e. The van der Waals surface area contributed by atoms with Crippen molar-refractivity contribution in [3.63, 3.8) is 0 Å². The molecule has 22 atom stereocenters. The molecule has 0 spiro atoms. The monoisotopic (exact) mass is 910 g/mol. The summed E-state index contributed by atoms with van der Waals surface area (Å²) >= 11 is 0. The molecule has 0 aromatic rings. The van der Waals surface area contributed by atoms with Crippen LogP contribution < -0.4 is 0 Å². The van der Waals surface area contributed by atoms with Gasteiger partial charge in [0.25, 0.3) is 0 Å². The molecule has 364 valence electrons. The van der Waals surface area contributed by atoms with Crippen molar-refractivity contribution in [2.24, 2.45) is 44.8 Å². The van der Waals surface area contributed by atoms with Gasteiger partial charge in [0.15, 0.2) is 12.6 Å². The van der Waals surface area contributed by atoms with Gasteiger partial charge in [0.1, 0.15) is 67.1 Å². The third-order valence-corrected chi connectivity index (χ3v) is 18.7. The highest BCUT2D eigenvalue weighted by atomic mass is 16.8. The van der Waals surface area contributed by atoms with Gasteiger partial charge in [-0.25, -0.2) is 0 Å². The molecule has 64 heavy (non-hydrogen) atoms. The predicted molar refractivity (Wildman–Crippen MR) is 224 cm³/mol. The maximum Gasteiger partial charge on any atom is 0.318 e. The van der Waals surface area contributed by atoms with E-state index in [0.29, 0.717) is 19.3 Å². The molecule has 16 unspecified atom stereocenters. The van der Waals surface area contributed by atoms with Gasteiger partial charge in [-0.15, -0.1) is 0 Å². The van der Waals surface area contributed by atoms with Gasteiger partial charge in [0.05, 0.1) is 31.3 Å². The molecule has 6 fully saturated rings. The average molecular weight is 911 g/mol. The van der Waals surface area contributed by atoms with Crippen LogP contribution in [0.4, 0.5) is 0 Å². The zero-order chi connectivity index (χ0) is 46.6. The lowest BCUT2D eigenvalue weighted by atomic mass is 9.34. The third kappa shape index (κ3) is 7.33. The second-order valence-corrected chi connectivity index (χ2v) is 22.0. The van der Waals surface area contributed by atoms with Gasteiger partial charge in [-0.1, -0.05) is 53.2 Å². The van der Waals surface area contributed by atoms with E-state index in [0.717, 1.165) is 49.7 Å². The van der Waals surface area contributed by atoms with Crippen molar-refractivity contribution in [3.8, 4) is 0 Å². The van der Waals surface area contributed by atoms with Crippen LogP contribution in [0.1, 0.15) is 106 Å². The number of esters is 1. The van der Waals surface area contributed by atoms with E-state index < -0.39 is 116 Å². The molecule has 3 saturated heterocycles. The highest BCUT2D eigenvalue weighted by Gasteiger charge is 2.69. The van der Waals surface area contributed by atoms with E-state index in [9.17, 15) is 55.9 Å². The Kier molecular flexibility index (Phi) is 13.3. The van der Waals surface area contributed by atoms with Crippen molar-refractivity contribution in [2.45, 2.75) is 198 Å². The van der Waals surface area contributed by atoms with Crippen LogP contribution in [0.5, 0.6) is 0 Å². The van der Waals surface area contributed by atoms with Gasteiger partial charge in [0.2, 0.25) is 6.29 Å². The third-order valence-electron chi connectivity index (χ3n) is 18.7. The smallest absolute Gasteiger partial charge is 0.318 e. The number of carbonyl (C=O) groups is 1. The first-order chi connectivity index (χ1) is 30.0. The maximum absolute atomic E-state index is 14.7. The summed E-state index contributed by atoms with van der Waals surface area (Å²) in [6.45, 7) is 14.4. The fourth-order valence-electron chi connectivity index (χ4n) is 14.4. The lowest BCUT2D eigenvalue weighted by molar-refractivity contribution is -0.367. The Morgan fingerprint density at radius 1 is 0.703 bits per heavy atom. The number of carbonyl (C=O) groups excluding carboxylic acids is 1. The van der Waals surface area contributed by atoms with Crippen LogP contribution in [0.15, 0.2) is 22.8 Å².